The molecule has 0 radical (unpaired) electrons. The minimum atomic E-state index is -0.714. The Bertz CT molecular complexity index is 2640. The molecule has 15 heteroatoms. The number of piperidine rings is 2. The lowest BCUT2D eigenvalue weighted by atomic mass is 9.98. The minimum Gasteiger partial charge on any atom is -0.453 e. The van der Waals surface area contributed by atoms with E-state index >= 15 is 0 Å². The van der Waals surface area contributed by atoms with Gasteiger partial charge in [0.05, 0.1) is 38.2 Å². The van der Waals surface area contributed by atoms with Crippen LogP contribution in [0.2, 0.25) is 5.15 Å². The Morgan fingerprint density at radius 3 is 1.94 bits per heavy atom. The van der Waals surface area contributed by atoms with Gasteiger partial charge in [0.2, 0.25) is 11.8 Å². The third-order valence-corrected chi connectivity index (χ3v) is 14.7. The predicted octanol–water partition coefficient (Wildman–Crippen LogP) is 7.88. The molecule has 10 atom stereocenters. The number of amides is 4. The van der Waals surface area contributed by atoms with E-state index in [1.807, 2.05) is 49.8 Å². The molecule has 11 rings (SSSR count). The molecule has 4 N–H and O–H groups in total. The molecule has 3 aliphatic heterocycles. The average molecular weight is 859 g/mol. The van der Waals surface area contributed by atoms with Gasteiger partial charge in [0.25, 0.3) is 0 Å². The van der Waals surface area contributed by atoms with Crippen LogP contribution in [-0.4, -0.2) is 92.1 Å². The van der Waals surface area contributed by atoms with Crippen LogP contribution in [0.4, 0.5) is 9.59 Å². The fourth-order valence-corrected chi connectivity index (χ4v) is 11.1. The first-order valence-electron chi connectivity index (χ1n) is 21.5. The van der Waals surface area contributed by atoms with Crippen molar-refractivity contribution in [3.8, 4) is 33.6 Å². The maximum absolute atomic E-state index is 14.0. The highest BCUT2D eigenvalue weighted by Gasteiger charge is 2.94. The van der Waals surface area contributed by atoms with E-state index in [2.05, 4.69) is 82.1 Å². The molecule has 3 aliphatic carbocycles. The van der Waals surface area contributed by atoms with E-state index in [9.17, 15) is 19.2 Å². The van der Waals surface area contributed by atoms with E-state index in [1.54, 1.807) is 0 Å². The molecule has 3 saturated carbocycles. The lowest BCUT2D eigenvalue weighted by Gasteiger charge is -2.31. The lowest BCUT2D eigenvalue weighted by Crippen LogP contribution is -2.52. The molecule has 0 spiro atoms. The smallest absolute Gasteiger partial charge is 0.407 e. The number of nitrogens with zero attached hydrogens (tertiary/aromatic N) is 4. The molecular formula is C47H51ClN8O6. The highest BCUT2D eigenvalue weighted by Crippen LogP contribution is 2.90. The first-order valence-corrected chi connectivity index (χ1v) is 21.9. The predicted molar refractivity (Wildman–Crippen MR) is 232 cm³/mol. The molecule has 2 aromatic heterocycles. The van der Waals surface area contributed by atoms with Gasteiger partial charge >= 0.3 is 12.2 Å². The molecule has 4 amide bonds. The number of aromatic nitrogens is 4. The van der Waals surface area contributed by atoms with Gasteiger partial charge in [-0.3, -0.25) is 9.59 Å². The van der Waals surface area contributed by atoms with Crippen LogP contribution in [0, 0.1) is 35.0 Å². The van der Waals surface area contributed by atoms with Crippen LogP contribution in [0.25, 0.3) is 44.4 Å². The molecule has 6 aliphatic rings. The molecule has 3 saturated heterocycles. The number of carbonyl (C=O) groups excluding carboxylic acids is 4. The summed E-state index contributed by atoms with van der Waals surface area (Å²) in [5, 5.41) is 8.01. The Labute approximate surface area is 364 Å². The number of imidazole rings is 2. The monoisotopic (exact) mass is 858 g/mol. The van der Waals surface area contributed by atoms with E-state index in [1.165, 1.54) is 14.2 Å². The Kier molecular flexibility index (Phi) is 9.47. The number of carbonyl (C=O) groups is 4. The van der Waals surface area contributed by atoms with Gasteiger partial charge in [-0.2, -0.15) is 0 Å². The van der Waals surface area contributed by atoms with E-state index in [-0.39, 0.29) is 53.2 Å². The van der Waals surface area contributed by atoms with Crippen molar-refractivity contribution < 1.29 is 28.7 Å². The van der Waals surface area contributed by atoms with Gasteiger partial charge in [0, 0.05) is 17.6 Å². The zero-order chi connectivity index (χ0) is 43.5. The topological polar surface area (TPSA) is 175 Å². The standard InChI is InChI=1S/C47H51ClN8O6/c1-21(2)35(52-45(59)61-6)43(57)55-31-18-29(31)19-32(55)41-51-37(40(48)54-41)28-15-14-26-16-25(12-13-27(26)17-28)23-8-10-24(11-9-23)30-20-49-42(50-30)38-33-34-39(47(33,34)5)56(38)44(58)36(22(3)4)53-46(60)62-7/h8-17,20-22,29,31-36,38-39H,18-19H2,1-7H3,(H,49,50)(H,51,54)(H,52,59)(H,53,60)/t29-,31-,32+,33?,34-,35+,36+,38+,39+,47-/m1/s1. The normalized spacial score (nSPS) is 27.2. The van der Waals surface area contributed by atoms with Gasteiger partial charge in [-0.15, -0.1) is 0 Å². The first-order chi connectivity index (χ1) is 29.7. The highest BCUT2D eigenvalue weighted by atomic mass is 35.5. The SMILES string of the molecule is COC(=O)N[C@H](C(=O)N1[C@H](c2ncc(-c3ccc(-c4ccc5cc(-c6nc([C@@H]7C[C@H]8C[C@H]8N7C(=O)[C@@H](NC(=O)OC)C(C)C)[nH]c6Cl)ccc5c4)cc3)[nH]2)C2[C@@H]3[C@H]1[C@]23C)C(C)C. The molecule has 322 valence electrons. The molecule has 5 aromatic rings. The van der Waals surface area contributed by atoms with Gasteiger partial charge in [-0.1, -0.05) is 94.8 Å². The van der Waals surface area contributed by atoms with E-state index < -0.39 is 24.3 Å². The summed E-state index contributed by atoms with van der Waals surface area (Å²) in [5.74, 6) is 2.18. The summed E-state index contributed by atoms with van der Waals surface area (Å²) >= 11 is 6.82. The summed E-state index contributed by atoms with van der Waals surface area (Å²) in [6.07, 6.45) is 2.33. The minimum absolute atomic E-state index is 0.0907. The Balaban J connectivity index is 0.842. The van der Waals surface area contributed by atoms with Crippen molar-refractivity contribution in [2.45, 2.75) is 83.7 Å². The van der Waals surface area contributed by atoms with Crippen molar-refractivity contribution >= 4 is 46.4 Å². The third-order valence-electron chi connectivity index (χ3n) is 14.4. The number of hydrogen-bond donors (Lipinski definition) is 4. The first kappa shape index (κ1) is 40.2. The van der Waals surface area contributed by atoms with Crippen LogP contribution >= 0.6 is 11.6 Å². The number of halogens is 1. The van der Waals surface area contributed by atoms with Crippen molar-refractivity contribution in [1.82, 2.24) is 40.4 Å². The molecule has 14 nitrogen and oxygen atoms in total. The van der Waals surface area contributed by atoms with E-state index in [0.29, 0.717) is 34.4 Å². The molecule has 2 bridgehead atoms. The molecule has 6 fully saturated rings. The van der Waals surface area contributed by atoms with E-state index in [0.717, 1.165) is 57.4 Å². The van der Waals surface area contributed by atoms with Gasteiger partial charge in [-0.25, -0.2) is 19.6 Å². The number of rotatable bonds is 11. The van der Waals surface area contributed by atoms with Crippen molar-refractivity contribution in [3.05, 3.63) is 83.7 Å². The average Bonchev–Trinajstić information content (AvgIpc) is 3.93. The number of alkyl carbamates (subject to hydrolysis) is 2. The van der Waals surface area contributed by atoms with Crippen molar-refractivity contribution in [2.24, 2.45) is 35.0 Å². The summed E-state index contributed by atoms with van der Waals surface area (Å²) in [7, 11) is 2.60. The van der Waals surface area contributed by atoms with Gasteiger partial charge in [0.15, 0.2) is 0 Å². The fraction of sp³-hybridized carbons (Fsp3) is 0.447. The summed E-state index contributed by atoms with van der Waals surface area (Å²) in [6.45, 7) is 9.92. The number of nitrogens with one attached hydrogen (secondary N) is 4. The van der Waals surface area contributed by atoms with Crippen LogP contribution in [0.3, 0.4) is 0 Å². The van der Waals surface area contributed by atoms with Crippen molar-refractivity contribution in [2.75, 3.05) is 14.2 Å². The fourth-order valence-electron chi connectivity index (χ4n) is 10.9. The number of methoxy groups -OCH3 is 2. The van der Waals surface area contributed by atoms with Gasteiger partial charge < -0.3 is 39.9 Å². The number of H-pyrrole nitrogens is 2. The number of hydrogen-bond acceptors (Lipinski definition) is 8. The molecular weight excluding hydrogens is 808 g/mol. The Morgan fingerprint density at radius 2 is 1.32 bits per heavy atom. The molecule has 5 heterocycles. The number of likely N-dealkylation sites (tertiary alicyclic amines) is 1. The summed E-state index contributed by atoms with van der Waals surface area (Å²) in [6, 6.07) is 19.4. The maximum Gasteiger partial charge on any atom is 0.407 e. The number of fused-ring (bicyclic) bond motifs is 3. The van der Waals surface area contributed by atoms with Crippen LogP contribution in [-0.2, 0) is 19.1 Å². The lowest BCUT2D eigenvalue weighted by molar-refractivity contribution is -0.137. The summed E-state index contributed by atoms with van der Waals surface area (Å²) < 4.78 is 9.63. The second kappa shape index (κ2) is 14.6. The number of aromatic amines is 2. The zero-order valence-electron chi connectivity index (χ0n) is 35.7. The van der Waals surface area contributed by atoms with Crippen molar-refractivity contribution in [1.29, 1.82) is 0 Å². The van der Waals surface area contributed by atoms with Crippen LogP contribution in [0.1, 0.15) is 71.2 Å². The van der Waals surface area contributed by atoms with Crippen molar-refractivity contribution in [3.63, 3.8) is 0 Å². The quantitative estimate of drug-likeness (QED) is 0.104. The third kappa shape index (κ3) is 6.34. The van der Waals surface area contributed by atoms with Gasteiger partial charge in [-0.05, 0) is 87.4 Å². The van der Waals surface area contributed by atoms with Gasteiger partial charge in [0.1, 0.15) is 34.6 Å². The number of benzene rings is 3. The van der Waals surface area contributed by atoms with Crippen LogP contribution in [0.15, 0.2) is 66.9 Å². The Morgan fingerprint density at radius 1 is 0.758 bits per heavy atom. The van der Waals surface area contributed by atoms with E-state index in [4.69, 9.17) is 31.0 Å². The second-order valence-electron chi connectivity index (χ2n) is 18.6. The molecule has 3 aromatic carbocycles. The molecule has 1 unspecified atom stereocenters. The molecule has 62 heavy (non-hydrogen) atoms. The highest BCUT2D eigenvalue weighted by molar-refractivity contribution is 6.32. The maximum atomic E-state index is 14.0. The summed E-state index contributed by atoms with van der Waals surface area (Å²) in [5.41, 5.74) is 5.61. The summed E-state index contributed by atoms with van der Waals surface area (Å²) in [4.78, 5) is 72.6. The largest absolute Gasteiger partial charge is 0.453 e. The van der Waals surface area contributed by atoms with Crippen LogP contribution in [0.5, 0.6) is 0 Å². The zero-order valence-corrected chi connectivity index (χ0v) is 36.5. The number of ether oxygens (including phenoxy) is 2. The van der Waals surface area contributed by atoms with Crippen LogP contribution < -0.4 is 10.6 Å². The Hall–Kier alpha value is -5.89. The second-order valence-corrected chi connectivity index (χ2v) is 19.0.